The number of hydrogen-bond acceptors (Lipinski definition) is 10. The molecular weight excluding hydrogens is 761 g/mol. The van der Waals surface area contributed by atoms with Crippen LogP contribution < -0.4 is 26.4 Å². The average molecular weight is 821 g/mol. The van der Waals surface area contributed by atoms with E-state index in [1.165, 1.54) is 4.90 Å². The van der Waals surface area contributed by atoms with Gasteiger partial charge < -0.3 is 41.2 Å². The molecule has 58 heavy (non-hydrogen) atoms. The summed E-state index contributed by atoms with van der Waals surface area (Å²) in [5.41, 5.74) is 9.58. The lowest BCUT2D eigenvalue weighted by atomic mass is 9.85. The number of rotatable bonds is 17. The molecular formula is C43H60N6O8S. The highest BCUT2D eigenvalue weighted by atomic mass is 32.1. The number of hydrogen-bond donors (Lipinski definition) is 5. The molecule has 1 saturated heterocycles. The van der Waals surface area contributed by atoms with Crippen LogP contribution in [0.15, 0.2) is 54.0 Å². The summed E-state index contributed by atoms with van der Waals surface area (Å²) in [4.78, 5) is 71.7. The summed E-state index contributed by atoms with van der Waals surface area (Å²) in [7, 11) is 0. The van der Waals surface area contributed by atoms with Crippen molar-refractivity contribution in [3.05, 3.63) is 70.9 Å². The molecule has 0 spiro atoms. The zero-order valence-corrected chi connectivity index (χ0v) is 35.7. The van der Waals surface area contributed by atoms with Crippen LogP contribution in [0.2, 0.25) is 0 Å². The Bertz CT molecular complexity index is 1890. The van der Waals surface area contributed by atoms with E-state index in [1.54, 1.807) is 38.2 Å². The second kappa shape index (κ2) is 20.1. The molecule has 0 radical (unpaired) electrons. The Morgan fingerprint density at radius 3 is 2.33 bits per heavy atom. The normalized spacial score (nSPS) is 17.2. The van der Waals surface area contributed by atoms with Crippen molar-refractivity contribution in [3.63, 3.8) is 0 Å². The molecule has 0 unspecified atom stereocenters. The highest BCUT2D eigenvalue weighted by molar-refractivity contribution is 7.13. The van der Waals surface area contributed by atoms with Gasteiger partial charge >= 0.3 is 6.09 Å². The second-order valence-corrected chi connectivity index (χ2v) is 17.9. The highest BCUT2D eigenvalue weighted by Crippen LogP contribution is 2.30. The van der Waals surface area contributed by atoms with Gasteiger partial charge in [0.1, 0.15) is 30.0 Å². The van der Waals surface area contributed by atoms with Gasteiger partial charge in [-0.2, -0.15) is 0 Å². The number of alkyl carbamates (subject to hydrolysis) is 1. The van der Waals surface area contributed by atoms with E-state index in [1.807, 2.05) is 82.6 Å². The van der Waals surface area contributed by atoms with Gasteiger partial charge in [0, 0.05) is 25.8 Å². The smallest absolute Gasteiger partial charge is 0.407 e. The number of nitrogens with two attached hydrogens (primary N) is 1. The summed E-state index contributed by atoms with van der Waals surface area (Å²) in [6.45, 7) is 14.7. The van der Waals surface area contributed by atoms with Crippen LogP contribution in [0.1, 0.15) is 103 Å². The standard InChI is InChI=1S/C43H60N6O8S/c1-26(29-15-17-30(18-16-29)37-27(2)45-25-58-37)46-39(53)34-22-32(50)23-49(34)40(54)38(42(3,4)5)48-36(52)14-10-12-28-11-9-13-33(21-28)56-24-31(19-20-35(44)51)47-41(55)57-43(6,7)8/h9,11,13,15-18,21,25-26,31-32,34,38,50H,10,12,14,19-20,22-24H2,1-8H3,(H2,44,51)(H,46,53)(H,47,55)(H,48,52)/t26-,31-,32+,34-,38+/m0/s1. The average Bonchev–Trinajstić information content (AvgIpc) is 3.75. The molecule has 316 valence electrons. The van der Waals surface area contributed by atoms with E-state index in [2.05, 4.69) is 20.9 Å². The quantitative estimate of drug-likeness (QED) is 0.119. The van der Waals surface area contributed by atoms with Gasteiger partial charge in [-0.25, -0.2) is 9.78 Å². The molecule has 1 aromatic heterocycles. The number of β-amino-alcohol motifs (C(OH)–C–C–N with tert-alkyl or cyclic N) is 1. The van der Waals surface area contributed by atoms with Crippen LogP contribution in [-0.2, 0) is 30.3 Å². The van der Waals surface area contributed by atoms with Gasteiger partial charge in [-0.15, -0.1) is 11.3 Å². The maximum absolute atomic E-state index is 14.1. The predicted molar refractivity (Wildman–Crippen MR) is 223 cm³/mol. The SMILES string of the molecule is Cc1ncsc1-c1ccc([C@H](C)NC(=O)[C@@H]2C[C@@H](O)CN2C(=O)[C@@H](NC(=O)CCCc2cccc(OC[C@H](CCC(N)=O)NC(=O)OC(C)(C)C)c2)C(C)(C)C)cc1. The number of nitrogens with zero attached hydrogens (tertiary/aromatic N) is 2. The molecule has 2 aromatic carbocycles. The minimum atomic E-state index is -0.936. The Hall–Kier alpha value is -5.02. The molecule has 0 bridgehead atoms. The fraction of sp³-hybridized carbons (Fsp3) is 0.535. The number of aryl methyl sites for hydroxylation is 2. The Kier molecular flexibility index (Phi) is 15.8. The molecule has 6 N–H and O–H groups in total. The lowest BCUT2D eigenvalue weighted by molar-refractivity contribution is -0.144. The van der Waals surface area contributed by atoms with Crippen molar-refractivity contribution in [3.8, 4) is 16.2 Å². The van der Waals surface area contributed by atoms with Crippen molar-refractivity contribution >= 4 is 41.1 Å². The Morgan fingerprint density at radius 2 is 1.71 bits per heavy atom. The van der Waals surface area contributed by atoms with Crippen molar-refractivity contribution in [2.75, 3.05) is 13.2 Å². The van der Waals surface area contributed by atoms with Crippen molar-refractivity contribution in [1.29, 1.82) is 0 Å². The predicted octanol–water partition coefficient (Wildman–Crippen LogP) is 5.35. The molecule has 3 aromatic rings. The van der Waals surface area contributed by atoms with Crippen LogP contribution >= 0.6 is 11.3 Å². The second-order valence-electron chi connectivity index (χ2n) is 17.0. The first-order valence-corrected chi connectivity index (χ1v) is 20.7. The monoisotopic (exact) mass is 820 g/mol. The third kappa shape index (κ3) is 13.8. The van der Waals surface area contributed by atoms with Crippen molar-refractivity contribution < 1.29 is 38.6 Å². The van der Waals surface area contributed by atoms with E-state index < -0.39 is 53.2 Å². The maximum Gasteiger partial charge on any atom is 0.407 e. The Balaban J connectivity index is 1.31. The molecule has 5 atom stereocenters. The highest BCUT2D eigenvalue weighted by Gasteiger charge is 2.44. The molecule has 15 heteroatoms. The van der Waals surface area contributed by atoms with Crippen LogP contribution in [0.3, 0.4) is 0 Å². The lowest BCUT2D eigenvalue weighted by Crippen LogP contribution is -2.57. The largest absolute Gasteiger partial charge is 0.491 e. The number of likely N-dealkylation sites (tertiary alicyclic amines) is 1. The molecule has 1 aliphatic rings. The van der Waals surface area contributed by atoms with Crippen LogP contribution in [-0.4, -0.2) is 87.7 Å². The number of aliphatic hydroxyl groups excluding tert-OH is 1. The van der Waals surface area contributed by atoms with Gasteiger partial charge in [0.15, 0.2) is 0 Å². The van der Waals surface area contributed by atoms with Crippen molar-refractivity contribution in [2.45, 2.75) is 130 Å². The van der Waals surface area contributed by atoms with Crippen LogP contribution in [0.25, 0.3) is 10.4 Å². The van der Waals surface area contributed by atoms with Gasteiger partial charge in [0.2, 0.25) is 23.6 Å². The first-order chi connectivity index (χ1) is 27.2. The van der Waals surface area contributed by atoms with E-state index in [4.69, 9.17) is 15.2 Å². The van der Waals surface area contributed by atoms with E-state index in [-0.39, 0.29) is 56.7 Å². The number of aromatic nitrogens is 1. The molecule has 2 heterocycles. The van der Waals surface area contributed by atoms with Crippen molar-refractivity contribution in [1.82, 2.24) is 25.8 Å². The fourth-order valence-electron chi connectivity index (χ4n) is 6.68. The summed E-state index contributed by atoms with van der Waals surface area (Å²) in [6.07, 6.45) is 0.105. The number of carbonyl (C=O) groups excluding carboxylic acids is 5. The molecule has 4 rings (SSSR count). The Morgan fingerprint density at radius 1 is 1.00 bits per heavy atom. The number of thiazole rings is 1. The molecule has 14 nitrogen and oxygen atoms in total. The fourth-order valence-corrected chi connectivity index (χ4v) is 7.49. The van der Waals surface area contributed by atoms with Gasteiger partial charge in [0.25, 0.3) is 0 Å². The van der Waals surface area contributed by atoms with Gasteiger partial charge in [0.05, 0.1) is 34.3 Å². The summed E-state index contributed by atoms with van der Waals surface area (Å²) in [6, 6.07) is 12.6. The topological polar surface area (TPSA) is 202 Å². The van der Waals surface area contributed by atoms with Gasteiger partial charge in [-0.05, 0) is 88.1 Å². The van der Waals surface area contributed by atoms with E-state index in [0.29, 0.717) is 18.6 Å². The first-order valence-electron chi connectivity index (χ1n) is 19.8. The van der Waals surface area contributed by atoms with E-state index >= 15 is 0 Å². The molecule has 0 saturated carbocycles. The van der Waals surface area contributed by atoms with Crippen LogP contribution in [0.4, 0.5) is 4.79 Å². The third-order valence-electron chi connectivity index (χ3n) is 9.74. The molecule has 1 fully saturated rings. The number of carbonyl (C=O) groups is 5. The minimum Gasteiger partial charge on any atom is -0.491 e. The zero-order chi connectivity index (χ0) is 42.8. The zero-order valence-electron chi connectivity index (χ0n) is 34.9. The van der Waals surface area contributed by atoms with Crippen LogP contribution in [0, 0.1) is 12.3 Å². The van der Waals surface area contributed by atoms with Gasteiger partial charge in [-0.3, -0.25) is 19.2 Å². The van der Waals surface area contributed by atoms with Gasteiger partial charge in [-0.1, -0.05) is 57.2 Å². The summed E-state index contributed by atoms with van der Waals surface area (Å²) in [5.74, 6) is -1.04. The third-order valence-corrected chi connectivity index (χ3v) is 10.7. The summed E-state index contributed by atoms with van der Waals surface area (Å²) in [5, 5.41) is 19.3. The molecule has 5 amide bonds. The van der Waals surface area contributed by atoms with Crippen molar-refractivity contribution in [2.24, 2.45) is 11.1 Å². The van der Waals surface area contributed by atoms with Crippen LogP contribution in [0.5, 0.6) is 5.75 Å². The lowest BCUT2D eigenvalue weighted by Gasteiger charge is -2.35. The number of nitrogens with one attached hydrogen (secondary N) is 3. The number of primary amides is 1. The summed E-state index contributed by atoms with van der Waals surface area (Å²) >= 11 is 1.57. The Labute approximate surface area is 345 Å². The number of ether oxygens (including phenoxy) is 2. The summed E-state index contributed by atoms with van der Waals surface area (Å²) < 4.78 is 11.3. The molecule has 0 aliphatic carbocycles. The van der Waals surface area contributed by atoms with E-state index in [0.717, 1.165) is 27.3 Å². The minimum absolute atomic E-state index is 0.0159. The molecule has 1 aliphatic heterocycles. The maximum atomic E-state index is 14.1. The number of aliphatic hydroxyl groups is 1. The number of amides is 5. The first kappa shape index (κ1) is 45.7. The van der Waals surface area contributed by atoms with E-state index in [9.17, 15) is 29.1 Å². The number of benzene rings is 2.